The van der Waals surface area contributed by atoms with E-state index in [0.29, 0.717) is 21.9 Å². The number of H-pyrrole nitrogens is 1. The number of nitrogens with one attached hydrogen (secondary N) is 1. The summed E-state index contributed by atoms with van der Waals surface area (Å²) in [4.78, 5) is 30.5. The number of ketones is 1. The molecule has 0 saturated carbocycles. The highest BCUT2D eigenvalue weighted by molar-refractivity contribution is 6.46. The fourth-order valence-electron chi connectivity index (χ4n) is 3.91. The van der Waals surface area contributed by atoms with E-state index < -0.39 is 17.7 Å². The summed E-state index contributed by atoms with van der Waals surface area (Å²) in [6.07, 6.45) is 1.76. The van der Waals surface area contributed by atoms with Crippen molar-refractivity contribution in [2.45, 2.75) is 6.04 Å². The minimum absolute atomic E-state index is 0.00947. The van der Waals surface area contributed by atoms with E-state index in [-0.39, 0.29) is 24.5 Å². The van der Waals surface area contributed by atoms with Gasteiger partial charge in [-0.25, -0.2) is 0 Å². The molecule has 1 aliphatic rings. The van der Waals surface area contributed by atoms with Crippen molar-refractivity contribution in [3.63, 3.8) is 0 Å². The average Bonchev–Trinajstić information content (AvgIpc) is 3.31. The number of aliphatic hydroxyl groups is 1. The lowest BCUT2D eigenvalue weighted by atomic mass is 9.95. The number of methoxy groups -OCH3 is 2. The number of halogens is 1. The first kappa shape index (κ1) is 21.0. The lowest BCUT2D eigenvalue weighted by Crippen LogP contribution is -2.32. The Morgan fingerprint density at radius 1 is 1.19 bits per heavy atom. The summed E-state index contributed by atoms with van der Waals surface area (Å²) in [5.41, 5.74) is 1.92. The Hall–Kier alpha value is -3.29. The molecule has 1 unspecified atom stereocenters. The molecule has 1 saturated heterocycles. The fraction of sp³-hybridized carbons (Fsp3) is 0.217. The van der Waals surface area contributed by atoms with E-state index in [2.05, 4.69) is 4.98 Å². The van der Waals surface area contributed by atoms with Crippen molar-refractivity contribution in [2.75, 3.05) is 27.4 Å². The zero-order valence-electron chi connectivity index (χ0n) is 17.0. The van der Waals surface area contributed by atoms with Crippen molar-refractivity contribution in [2.24, 2.45) is 0 Å². The summed E-state index contributed by atoms with van der Waals surface area (Å²) in [6.45, 7) is 0.451. The van der Waals surface area contributed by atoms with Crippen LogP contribution in [0.3, 0.4) is 0 Å². The van der Waals surface area contributed by atoms with Crippen LogP contribution in [0.15, 0.2) is 54.2 Å². The van der Waals surface area contributed by atoms with E-state index in [4.69, 9.17) is 21.1 Å². The van der Waals surface area contributed by atoms with Gasteiger partial charge in [-0.05, 0) is 24.3 Å². The molecule has 0 aliphatic carbocycles. The van der Waals surface area contributed by atoms with Crippen LogP contribution in [0.5, 0.6) is 5.75 Å². The van der Waals surface area contributed by atoms with Crippen molar-refractivity contribution >= 4 is 40.0 Å². The number of amides is 1. The topological polar surface area (TPSA) is 91.9 Å². The number of fused-ring (bicyclic) bond motifs is 1. The van der Waals surface area contributed by atoms with Crippen LogP contribution in [-0.4, -0.2) is 54.1 Å². The Morgan fingerprint density at radius 2 is 1.97 bits per heavy atom. The Kier molecular flexibility index (Phi) is 5.71. The highest BCUT2D eigenvalue weighted by Crippen LogP contribution is 2.42. The van der Waals surface area contributed by atoms with Crippen molar-refractivity contribution < 1.29 is 24.2 Å². The van der Waals surface area contributed by atoms with E-state index in [9.17, 15) is 14.7 Å². The zero-order chi connectivity index (χ0) is 22.1. The lowest BCUT2D eigenvalue weighted by Gasteiger charge is -2.24. The van der Waals surface area contributed by atoms with Gasteiger partial charge in [0.25, 0.3) is 11.7 Å². The number of hydrogen-bond acceptors (Lipinski definition) is 5. The molecule has 0 bridgehead atoms. The molecule has 3 aromatic rings. The Bertz CT molecular complexity index is 1200. The molecular formula is C23H21ClN2O5. The number of carbonyl (C=O) groups excluding carboxylic acids is 2. The number of Topliss-reactive ketones (excluding diaryl/α,β-unsaturated/α-hetero) is 1. The molecule has 1 fully saturated rings. The van der Waals surface area contributed by atoms with Crippen LogP contribution in [0.4, 0.5) is 0 Å². The number of ether oxygens (including phenoxy) is 2. The lowest BCUT2D eigenvalue weighted by molar-refractivity contribution is -0.140. The van der Waals surface area contributed by atoms with Crippen LogP contribution < -0.4 is 4.74 Å². The Morgan fingerprint density at radius 3 is 2.71 bits per heavy atom. The maximum Gasteiger partial charge on any atom is 0.295 e. The smallest absolute Gasteiger partial charge is 0.295 e. The van der Waals surface area contributed by atoms with Gasteiger partial charge >= 0.3 is 0 Å². The predicted octanol–water partition coefficient (Wildman–Crippen LogP) is 3.90. The SMILES string of the molecule is COCCN1C(=O)C(=O)/C(=C(/O)c2ccc(Cl)c(OC)c2)C1c1c[nH]c2ccccc12. The molecule has 1 amide bonds. The number of likely N-dealkylation sites (tertiary alicyclic amines) is 1. The molecule has 8 heteroatoms. The first-order valence-electron chi connectivity index (χ1n) is 9.65. The van der Waals surface area contributed by atoms with Gasteiger partial charge in [0.1, 0.15) is 11.5 Å². The van der Waals surface area contributed by atoms with Gasteiger partial charge in [0, 0.05) is 41.9 Å². The number of rotatable bonds is 6. The van der Waals surface area contributed by atoms with Gasteiger partial charge in [-0.1, -0.05) is 29.8 Å². The normalized spacial score (nSPS) is 18.2. The monoisotopic (exact) mass is 440 g/mol. The number of nitrogens with zero attached hydrogens (tertiary/aromatic N) is 1. The van der Waals surface area contributed by atoms with Gasteiger partial charge in [0.15, 0.2) is 0 Å². The minimum Gasteiger partial charge on any atom is -0.507 e. The number of hydrogen-bond donors (Lipinski definition) is 2. The minimum atomic E-state index is -0.770. The third kappa shape index (κ3) is 3.56. The van der Waals surface area contributed by atoms with Crippen molar-refractivity contribution in [1.29, 1.82) is 0 Å². The van der Waals surface area contributed by atoms with Crippen molar-refractivity contribution in [3.8, 4) is 5.75 Å². The second-order valence-corrected chi connectivity index (χ2v) is 7.53. The summed E-state index contributed by atoms with van der Waals surface area (Å²) in [5.74, 6) is -1.38. The van der Waals surface area contributed by atoms with E-state index >= 15 is 0 Å². The zero-order valence-corrected chi connectivity index (χ0v) is 17.8. The van der Waals surface area contributed by atoms with Crippen molar-refractivity contribution in [3.05, 3.63) is 70.4 Å². The molecule has 1 aromatic heterocycles. The molecule has 0 radical (unpaired) electrons. The van der Waals surface area contributed by atoms with Crippen LogP contribution >= 0.6 is 11.6 Å². The number of benzene rings is 2. The molecule has 1 aliphatic heterocycles. The average molecular weight is 441 g/mol. The second kappa shape index (κ2) is 8.45. The molecule has 4 rings (SSSR count). The van der Waals surface area contributed by atoms with E-state index in [1.54, 1.807) is 18.3 Å². The second-order valence-electron chi connectivity index (χ2n) is 7.12. The number of aromatic amines is 1. The molecule has 7 nitrogen and oxygen atoms in total. The van der Waals surface area contributed by atoms with Crippen LogP contribution in [-0.2, 0) is 14.3 Å². The quantitative estimate of drug-likeness (QED) is 0.344. The molecule has 2 heterocycles. The molecule has 1 atom stereocenters. The summed E-state index contributed by atoms with van der Waals surface area (Å²) < 4.78 is 10.4. The van der Waals surface area contributed by atoms with Gasteiger partial charge < -0.3 is 24.5 Å². The maximum absolute atomic E-state index is 13.0. The van der Waals surface area contributed by atoms with E-state index in [0.717, 1.165) is 10.9 Å². The molecule has 0 spiro atoms. The molecule has 2 aromatic carbocycles. The number of carbonyl (C=O) groups is 2. The molecule has 2 N–H and O–H groups in total. The number of aliphatic hydroxyl groups excluding tert-OH is 1. The van der Waals surface area contributed by atoms with E-state index in [1.807, 2.05) is 24.3 Å². The molecule has 160 valence electrons. The highest BCUT2D eigenvalue weighted by atomic mass is 35.5. The number of para-hydroxylation sites is 1. The first-order chi connectivity index (χ1) is 15.0. The largest absolute Gasteiger partial charge is 0.507 e. The third-order valence-corrected chi connectivity index (χ3v) is 5.73. The van der Waals surface area contributed by atoms with Gasteiger partial charge in [0.05, 0.1) is 30.4 Å². The third-order valence-electron chi connectivity index (χ3n) is 5.42. The summed E-state index contributed by atoms with van der Waals surface area (Å²) in [7, 11) is 2.98. The van der Waals surface area contributed by atoms with Crippen LogP contribution in [0.25, 0.3) is 16.7 Å². The fourth-order valence-corrected chi connectivity index (χ4v) is 4.10. The molecular weight excluding hydrogens is 420 g/mol. The maximum atomic E-state index is 13.0. The predicted molar refractivity (Wildman–Crippen MR) is 117 cm³/mol. The highest BCUT2D eigenvalue weighted by Gasteiger charge is 2.46. The van der Waals surface area contributed by atoms with Gasteiger partial charge in [-0.3, -0.25) is 9.59 Å². The standard InChI is InChI=1S/C23H21ClN2O5/c1-30-10-9-26-20(15-12-25-17-6-4-3-5-14(15)17)19(22(28)23(26)29)21(27)13-7-8-16(24)18(11-13)31-2/h3-8,11-12,20,25,27H,9-10H2,1-2H3/b21-19+. The van der Waals surface area contributed by atoms with Gasteiger partial charge in [-0.15, -0.1) is 0 Å². The molecule has 31 heavy (non-hydrogen) atoms. The Balaban J connectivity index is 1.92. The number of aromatic nitrogens is 1. The summed E-state index contributed by atoms with van der Waals surface area (Å²) >= 11 is 6.10. The van der Waals surface area contributed by atoms with Crippen molar-refractivity contribution in [1.82, 2.24) is 9.88 Å². The van der Waals surface area contributed by atoms with Crippen LogP contribution in [0.1, 0.15) is 17.2 Å². The van der Waals surface area contributed by atoms with Gasteiger partial charge in [0.2, 0.25) is 0 Å². The summed E-state index contributed by atoms with van der Waals surface area (Å²) in [5, 5.41) is 12.4. The van der Waals surface area contributed by atoms with Crippen LogP contribution in [0, 0.1) is 0 Å². The summed E-state index contributed by atoms with van der Waals surface area (Å²) in [6, 6.07) is 11.5. The first-order valence-corrected chi connectivity index (χ1v) is 10.0. The van der Waals surface area contributed by atoms with Crippen LogP contribution in [0.2, 0.25) is 5.02 Å². The van der Waals surface area contributed by atoms with E-state index in [1.165, 1.54) is 25.2 Å². The van der Waals surface area contributed by atoms with Gasteiger partial charge in [-0.2, -0.15) is 0 Å². The Labute approximate surface area is 183 Å².